The molecule has 34 heavy (non-hydrogen) atoms. The standard InChI is InChI=1S/C28H33N3O3/c1-27(2,3)19-13-17(14-20(26(19)33)28(4,5)6)12-18-15-23(24(32)16-25(18)34-7)31-29-21-10-8-9-11-22(21)30-31/h8-11,13-16,32-33H,12H2,1-7H3. The van der Waals surface area contributed by atoms with E-state index in [1.165, 1.54) is 4.80 Å². The molecule has 0 amide bonds. The predicted octanol–water partition coefficient (Wildman–Crippen LogP) is 6.03. The second kappa shape index (κ2) is 8.35. The Hall–Kier alpha value is -3.54. The highest BCUT2D eigenvalue weighted by Crippen LogP contribution is 2.41. The number of ether oxygens (including phenoxy) is 1. The van der Waals surface area contributed by atoms with Gasteiger partial charge in [-0.3, -0.25) is 0 Å². The zero-order valence-corrected chi connectivity index (χ0v) is 21.0. The highest BCUT2D eigenvalue weighted by Gasteiger charge is 2.27. The van der Waals surface area contributed by atoms with E-state index in [4.69, 9.17) is 4.74 Å². The van der Waals surface area contributed by atoms with Gasteiger partial charge in [-0.25, -0.2) is 0 Å². The third-order valence-electron chi connectivity index (χ3n) is 6.06. The average molecular weight is 460 g/mol. The smallest absolute Gasteiger partial charge is 0.146 e. The first-order valence-corrected chi connectivity index (χ1v) is 11.5. The molecule has 6 nitrogen and oxygen atoms in total. The highest BCUT2D eigenvalue weighted by atomic mass is 16.5. The maximum atomic E-state index is 11.1. The third-order valence-corrected chi connectivity index (χ3v) is 6.06. The van der Waals surface area contributed by atoms with Gasteiger partial charge in [0.1, 0.15) is 34.0 Å². The number of aromatic nitrogens is 3. The van der Waals surface area contributed by atoms with Crippen LogP contribution in [0.3, 0.4) is 0 Å². The third kappa shape index (κ3) is 4.45. The van der Waals surface area contributed by atoms with E-state index in [9.17, 15) is 10.2 Å². The number of methoxy groups -OCH3 is 1. The Kier molecular flexibility index (Phi) is 5.80. The SMILES string of the molecule is COc1cc(O)c(-n2nc3ccccc3n2)cc1Cc1cc(C(C)(C)C)c(O)c(C(C)(C)C)c1. The van der Waals surface area contributed by atoms with E-state index in [1.54, 1.807) is 13.2 Å². The zero-order valence-electron chi connectivity index (χ0n) is 21.0. The van der Waals surface area contributed by atoms with Gasteiger partial charge in [-0.05, 0) is 45.7 Å². The van der Waals surface area contributed by atoms with Gasteiger partial charge in [-0.15, -0.1) is 15.0 Å². The van der Waals surface area contributed by atoms with Gasteiger partial charge < -0.3 is 14.9 Å². The Morgan fingerprint density at radius 3 is 1.82 bits per heavy atom. The molecule has 0 aliphatic carbocycles. The van der Waals surface area contributed by atoms with Gasteiger partial charge in [0, 0.05) is 18.1 Å². The maximum absolute atomic E-state index is 11.1. The van der Waals surface area contributed by atoms with Crippen LogP contribution in [0.15, 0.2) is 48.5 Å². The summed E-state index contributed by atoms with van der Waals surface area (Å²) in [5.74, 6) is 0.979. The number of fused-ring (bicyclic) bond motifs is 1. The lowest BCUT2D eigenvalue weighted by atomic mass is 9.78. The summed E-state index contributed by atoms with van der Waals surface area (Å²) < 4.78 is 5.61. The van der Waals surface area contributed by atoms with Crippen LogP contribution in [0.1, 0.15) is 63.8 Å². The van der Waals surface area contributed by atoms with Crippen LogP contribution in [0.25, 0.3) is 16.7 Å². The maximum Gasteiger partial charge on any atom is 0.146 e. The lowest BCUT2D eigenvalue weighted by Gasteiger charge is -2.28. The first-order valence-electron chi connectivity index (χ1n) is 11.5. The number of phenols is 2. The topological polar surface area (TPSA) is 80.4 Å². The largest absolute Gasteiger partial charge is 0.507 e. The van der Waals surface area contributed by atoms with Crippen LogP contribution in [0.4, 0.5) is 0 Å². The van der Waals surface area contributed by atoms with E-state index in [0.717, 1.165) is 33.3 Å². The Labute approximate surface area is 200 Å². The van der Waals surface area contributed by atoms with E-state index < -0.39 is 0 Å². The van der Waals surface area contributed by atoms with Crippen molar-refractivity contribution in [2.45, 2.75) is 58.8 Å². The molecule has 178 valence electrons. The molecule has 0 saturated heterocycles. The van der Waals surface area contributed by atoms with Crippen molar-refractivity contribution in [2.75, 3.05) is 7.11 Å². The van der Waals surface area contributed by atoms with Gasteiger partial charge in [0.05, 0.1) is 7.11 Å². The first kappa shape index (κ1) is 23.6. The molecule has 2 N–H and O–H groups in total. The van der Waals surface area contributed by atoms with Crippen LogP contribution in [0, 0.1) is 0 Å². The molecule has 4 rings (SSSR count). The van der Waals surface area contributed by atoms with Crippen molar-refractivity contribution in [3.63, 3.8) is 0 Å². The number of benzene rings is 3. The molecule has 0 saturated carbocycles. The summed E-state index contributed by atoms with van der Waals surface area (Å²) in [5.41, 5.74) is 5.32. The summed E-state index contributed by atoms with van der Waals surface area (Å²) in [5, 5.41) is 30.8. The average Bonchev–Trinajstić information content (AvgIpc) is 3.18. The van der Waals surface area contributed by atoms with Gasteiger partial charge in [-0.1, -0.05) is 65.8 Å². The van der Waals surface area contributed by atoms with Crippen LogP contribution in [0.5, 0.6) is 17.2 Å². The van der Waals surface area contributed by atoms with Crippen molar-refractivity contribution in [3.05, 3.63) is 70.8 Å². The molecule has 1 heterocycles. The number of hydrogen-bond donors (Lipinski definition) is 2. The summed E-state index contributed by atoms with van der Waals surface area (Å²) in [7, 11) is 1.59. The van der Waals surface area contributed by atoms with E-state index in [1.807, 2.05) is 30.3 Å². The number of rotatable bonds is 4. The molecule has 0 atom stereocenters. The second-order valence-corrected chi connectivity index (χ2v) is 10.8. The minimum absolute atomic E-state index is 0.0392. The molecule has 0 spiro atoms. The van der Waals surface area contributed by atoms with Crippen LogP contribution in [-0.4, -0.2) is 32.3 Å². The number of hydrogen-bond acceptors (Lipinski definition) is 5. The van der Waals surface area contributed by atoms with Gasteiger partial charge in [0.25, 0.3) is 0 Å². The summed E-state index contributed by atoms with van der Waals surface area (Å²) in [6.07, 6.45) is 0.559. The molecule has 4 aromatic rings. The monoisotopic (exact) mass is 459 g/mol. The van der Waals surface area contributed by atoms with Gasteiger partial charge in [0.2, 0.25) is 0 Å². The van der Waals surface area contributed by atoms with E-state index in [-0.39, 0.29) is 16.6 Å². The van der Waals surface area contributed by atoms with Crippen molar-refractivity contribution in [2.24, 2.45) is 0 Å². The fourth-order valence-electron chi connectivity index (χ4n) is 4.22. The van der Waals surface area contributed by atoms with Crippen molar-refractivity contribution in [1.29, 1.82) is 0 Å². The summed E-state index contributed by atoms with van der Waals surface area (Å²) >= 11 is 0. The lowest BCUT2D eigenvalue weighted by Crippen LogP contribution is -2.18. The van der Waals surface area contributed by atoms with Crippen molar-refractivity contribution in [3.8, 4) is 22.9 Å². The first-order chi connectivity index (χ1) is 15.9. The molecule has 6 heteroatoms. The molecule has 0 aliphatic rings. The Bertz CT molecular complexity index is 1290. The van der Waals surface area contributed by atoms with E-state index in [2.05, 4.69) is 63.9 Å². The molecule has 0 unspecified atom stereocenters. The molecule has 3 aromatic carbocycles. The Morgan fingerprint density at radius 1 is 0.824 bits per heavy atom. The highest BCUT2D eigenvalue weighted by molar-refractivity contribution is 5.73. The molecule has 0 bridgehead atoms. The van der Waals surface area contributed by atoms with Crippen LogP contribution < -0.4 is 4.74 Å². The number of nitrogens with zero attached hydrogens (tertiary/aromatic N) is 3. The molecular formula is C28H33N3O3. The van der Waals surface area contributed by atoms with E-state index >= 15 is 0 Å². The molecular weight excluding hydrogens is 426 g/mol. The Balaban J connectivity index is 1.84. The minimum Gasteiger partial charge on any atom is -0.507 e. The lowest BCUT2D eigenvalue weighted by molar-refractivity contribution is 0.402. The van der Waals surface area contributed by atoms with Crippen LogP contribution >= 0.6 is 0 Å². The normalized spacial score (nSPS) is 12.3. The summed E-state index contributed by atoms with van der Waals surface area (Å²) in [6.45, 7) is 12.6. The molecule has 0 fully saturated rings. The second-order valence-electron chi connectivity index (χ2n) is 10.8. The van der Waals surface area contributed by atoms with E-state index in [0.29, 0.717) is 23.6 Å². The fraction of sp³-hybridized carbons (Fsp3) is 0.357. The summed E-state index contributed by atoms with van der Waals surface area (Å²) in [6, 6.07) is 15.2. The van der Waals surface area contributed by atoms with Gasteiger partial charge in [0.15, 0.2) is 0 Å². The molecule has 1 aromatic heterocycles. The number of phenolic OH excluding ortho intramolecular Hbond substituents is 2. The number of aromatic hydroxyl groups is 2. The van der Waals surface area contributed by atoms with Crippen molar-refractivity contribution < 1.29 is 14.9 Å². The van der Waals surface area contributed by atoms with Gasteiger partial charge >= 0.3 is 0 Å². The predicted molar refractivity (Wildman–Crippen MR) is 135 cm³/mol. The minimum atomic E-state index is -0.219. The van der Waals surface area contributed by atoms with Crippen LogP contribution in [-0.2, 0) is 17.3 Å². The zero-order chi connectivity index (χ0) is 24.8. The molecule has 0 radical (unpaired) electrons. The summed E-state index contributed by atoms with van der Waals surface area (Å²) in [4.78, 5) is 1.46. The van der Waals surface area contributed by atoms with Crippen molar-refractivity contribution in [1.82, 2.24) is 15.0 Å². The van der Waals surface area contributed by atoms with Crippen LogP contribution in [0.2, 0.25) is 0 Å². The van der Waals surface area contributed by atoms with Gasteiger partial charge in [-0.2, -0.15) is 0 Å². The quantitative estimate of drug-likeness (QED) is 0.390. The fourth-order valence-corrected chi connectivity index (χ4v) is 4.22. The van der Waals surface area contributed by atoms with Crippen molar-refractivity contribution >= 4 is 11.0 Å². The Morgan fingerprint density at radius 2 is 1.35 bits per heavy atom. The molecule has 0 aliphatic heterocycles.